The predicted molar refractivity (Wildman–Crippen MR) is 134 cm³/mol. The molecule has 0 radical (unpaired) electrons. The smallest absolute Gasteiger partial charge is 0.407 e. The average Bonchev–Trinajstić information content (AvgIpc) is 3.11. The zero-order valence-corrected chi connectivity index (χ0v) is 21.5. The molecule has 0 aliphatic carbocycles. The number of hydrogen-bond acceptors (Lipinski definition) is 6. The summed E-state index contributed by atoms with van der Waals surface area (Å²) in [5.74, 6) is -0.174. The van der Waals surface area contributed by atoms with Crippen LogP contribution in [0.15, 0.2) is 24.3 Å². The lowest BCUT2D eigenvalue weighted by molar-refractivity contribution is -0.141. The van der Waals surface area contributed by atoms with Crippen LogP contribution in [0.3, 0.4) is 0 Å². The number of alkyl carbamates (subject to hydrolysis) is 1. The van der Waals surface area contributed by atoms with Crippen LogP contribution < -0.4 is 10.2 Å². The van der Waals surface area contributed by atoms with Crippen molar-refractivity contribution in [1.82, 2.24) is 20.0 Å². The number of likely N-dealkylation sites (tertiary alicyclic amines) is 2. The van der Waals surface area contributed by atoms with Gasteiger partial charge in [0.1, 0.15) is 12.4 Å². The fourth-order valence-electron chi connectivity index (χ4n) is 6.03. The molecule has 10 heteroatoms. The molecule has 198 valence electrons. The number of amides is 3. The van der Waals surface area contributed by atoms with Gasteiger partial charge in [-0.25, -0.2) is 9.18 Å². The number of methoxy groups -OCH3 is 1. The lowest BCUT2D eigenvalue weighted by atomic mass is 9.75. The van der Waals surface area contributed by atoms with E-state index in [4.69, 9.17) is 0 Å². The van der Waals surface area contributed by atoms with Crippen LogP contribution in [0.4, 0.5) is 14.9 Å². The molecular weight excluding hydrogens is 465 g/mol. The second kappa shape index (κ2) is 11.0. The van der Waals surface area contributed by atoms with Crippen LogP contribution in [-0.4, -0.2) is 105 Å². The Kier molecular flexibility index (Phi) is 8.02. The standard InChI is InChI=1S/C26H38FN5O4/c1-19-18-30(14-15-32(19)21-6-4-20(27)5-7-21)11-8-22-16-26(24(34)29(22)2)9-12-31(13-10-26)23(33)17-28-25(35)36-3/h4-7,19,22H,8-18H2,1-3H3,(H,28,35)/t19-,22+/m1/s1. The molecule has 3 aliphatic rings. The number of halogens is 1. The van der Waals surface area contributed by atoms with Gasteiger partial charge in [-0.1, -0.05) is 0 Å². The van der Waals surface area contributed by atoms with E-state index in [1.54, 1.807) is 4.90 Å². The molecule has 1 N–H and O–H groups in total. The zero-order valence-electron chi connectivity index (χ0n) is 21.5. The van der Waals surface area contributed by atoms with Gasteiger partial charge in [-0.15, -0.1) is 0 Å². The Hall–Kier alpha value is -2.88. The summed E-state index contributed by atoms with van der Waals surface area (Å²) in [4.78, 5) is 45.3. The first kappa shape index (κ1) is 26.2. The molecule has 36 heavy (non-hydrogen) atoms. The van der Waals surface area contributed by atoms with E-state index in [1.165, 1.54) is 19.2 Å². The Labute approximate surface area is 212 Å². The molecule has 3 aliphatic heterocycles. The van der Waals surface area contributed by atoms with E-state index in [1.807, 2.05) is 24.1 Å². The highest BCUT2D eigenvalue weighted by Crippen LogP contribution is 2.44. The monoisotopic (exact) mass is 503 g/mol. The third-order valence-corrected chi connectivity index (χ3v) is 8.24. The summed E-state index contributed by atoms with van der Waals surface area (Å²) in [5, 5.41) is 2.43. The first-order chi connectivity index (χ1) is 17.2. The first-order valence-corrected chi connectivity index (χ1v) is 12.8. The fraction of sp³-hybridized carbons (Fsp3) is 0.654. The van der Waals surface area contributed by atoms with E-state index in [0.717, 1.165) is 44.7 Å². The molecule has 4 rings (SSSR count). The summed E-state index contributed by atoms with van der Waals surface area (Å²) in [5.41, 5.74) is 0.665. The molecule has 1 aromatic carbocycles. The van der Waals surface area contributed by atoms with E-state index < -0.39 is 6.09 Å². The van der Waals surface area contributed by atoms with Crippen LogP contribution in [0.2, 0.25) is 0 Å². The van der Waals surface area contributed by atoms with Crippen molar-refractivity contribution in [2.75, 3.05) is 64.9 Å². The predicted octanol–water partition coefficient (Wildman–Crippen LogP) is 1.92. The molecular formula is C26H38FN5O4. The third-order valence-electron chi connectivity index (χ3n) is 8.24. The van der Waals surface area contributed by atoms with Crippen LogP contribution in [0.1, 0.15) is 32.6 Å². The van der Waals surface area contributed by atoms with Crippen LogP contribution in [0.25, 0.3) is 0 Å². The quantitative estimate of drug-likeness (QED) is 0.639. The number of nitrogens with zero attached hydrogens (tertiary/aromatic N) is 4. The summed E-state index contributed by atoms with van der Waals surface area (Å²) >= 11 is 0. The Bertz CT molecular complexity index is 950. The fourth-order valence-corrected chi connectivity index (χ4v) is 6.03. The summed E-state index contributed by atoms with van der Waals surface area (Å²) in [6, 6.07) is 7.23. The SMILES string of the molecule is COC(=O)NCC(=O)N1CCC2(CC1)C[C@H](CCN1CCN(c3ccc(F)cc3)[C@H](C)C1)N(C)C2=O. The van der Waals surface area contributed by atoms with Crippen LogP contribution in [0, 0.1) is 11.2 Å². The van der Waals surface area contributed by atoms with Crippen molar-refractivity contribution in [3.8, 4) is 0 Å². The molecule has 3 saturated heterocycles. The topological polar surface area (TPSA) is 85.4 Å². The van der Waals surface area contributed by atoms with Crippen molar-refractivity contribution < 1.29 is 23.5 Å². The van der Waals surface area contributed by atoms with Crippen LogP contribution >= 0.6 is 0 Å². The van der Waals surface area contributed by atoms with Crippen LogP contribution in [0.5, 0.6) is 0 Å². The van der Waals surface area contributed by atoms with Gasteiger partial charge in [0.2, 0.25) is 11.8 Å². The Morgan fingerprint density at radius 2 is 1.83 bits per heavy atom. The number of anilines is 1. The summed E-state index contributed by atoms with van der Waals surface area (Å²) in [7, 11) is 3.17. The number of ether oxygens (including phenoxy) is 1. The molecule has 0 saturated carbocycles. The second-order valence-corrected chi connectivity index (χ2v) is 10.4. The molecule has 0 bridgehead atoms. The maximum atomic E-state index is 13.3. The minimum Gasteiger partial charge on any atom is -0.453 e. The van der Waals surface area contributed by atoms with Gasteiger partial charge < -0.3 is 24.8 Å². The Morgan fingerprint density at radius 1 is 1.14 bits per heavy atom. The van der Waals surface area contributed by atoms with Crippen molar-refractivity contribution in [1.29, 1.82) is 0 Å². The molecule has 3 amide bonds. The van der Waals surface area contributed by atoms with E-state index in [0.29, 0.717) is 32.0 Å². The van der Waals surface area contributed by atoms with Crippen molar-refractivity contribution in [2.24, 2.45) is 5.41 Å². The lowest BCUT2D eigenvalue weighted by Crippen LogP contribution is -2.52. The summed E-state index contributed by atoms with van der Waals surface area (Å²) in [6.07, 6.45) is 2.45. The molecule has 3 fully saturated rings. The molecule has 0 unspecified atom stereocenters. The van der Waals surface area contributed by atoms with Crippen molar-refractivity contribution >= 4 is 23.6 Å². The molecule has 9 nitrogen and oxygen atoms in total. The van der Waals surface area contributed by atoms with Gasteiger partial charge in [0.25, 0.3) is 0 Å². The minimum absolute atomic E-state index is 0.0943. The van der Waals surface area contributed by atoms with E-state index in [9.17, 15) is 18.8 Å². The number of benzene rings is 1. The minimum atomic E-state index is -0.626. The number of carbonyl (C=O) groups excluding carboxylic acids is 3. The lowest BCUT2D eigenvalue weighted by Gasteiger charge is -2.41. The molecule has 3 heterocycles. The first-order valence-electron chi connectivity index (χ1n) is 12.8. The Balaban J connectivity index is 1.25. The van der Waals surface area contributed by atoms with E-state index >= 15 is 0 Å². The largest absolute Gasteiger partial charge is 0.453 e. The third kappa shape index (κ3) is 5.58. The van der Waals surface area contributed by atoms with E-state index in [-0.39, 0.29) is 35.6 Å². The molecule has 1 spiro atoms. The van der Waals surface area contributed by atoms with Gasteiger partial charge >= 0.3 is 6.09 Å². The van der Waals surface area contributed by atoms with Gasteiger partial charge in [-0.05, 0) is 56.9 Å². The number of piperazine rings is 1. The van der Waals surface area contributed by atoms with Gasteiger partial charge in [0, 0.05) is 64.1 Å². The number of rotatable bonds is 6. The van der Waals surface area contributed by atoms with Gasteiger partial charge in [0.15, 0.2) is 0 Å². The molecule has 1 aromatic rings. The average molecular weight is 504 g/mol. The highest BCUT2D eigenvalue weighted by atomic mass is 19.1. The summed E-state index contributed by atoms with van der Waals surface area (Å²) in [6.45, 7) is 6.86. The number of nitrogens with one attached hydrogen (secondary N) is 1. The van der Waals surface area contributed by atoms with Crippen molar-refractivity contribution in [2.45, 2.75) is 44.7 Å². The normalized spacial score (nSPS) is 24.3. The van der Waals surface area contributed by atoms with Gasteiger partial charge in [0.05, 0.1) is 12.5 Å². The highest BCUT2D eigenvalue weighted by Gasteiger charge is 2.51. The maximum absolute atomic E-state index is 13.3. The molecule has 2 atom stereocenters. The van der Waals surface area contributed by atoms with Gasteiger partial charge in [-0.3, -0.25) is 14.5 Å². The van der Waals surface area contributed by atoms with Crippen molar-refractivity contribution in [3.05, 3.63) is 30.1 Å². The molecule has 0 aromatic heterocycles. The van der Waals surface area contributed by atoms with Crippen LogP contribution in [-0.2, 0) is 14.3 Å². The van der Waals surface area contributed by atoms with Crippen molar-refractivity contribution in [3.63, 3.8) is 0 Å². The number of carbonyl (C=O) groups is 3. The number of hydrogen-bond donors (Lipinski definition) is 1. The number of piperidine rings is 1. The maximum Gasteiger partial charge on any atom is 0.407 e. The van der Waals surface area contributed by atoms with Gasteiger partial charge in [-0.2, -0.15) is 0 Å². The van der Waals surface area contributed by atoms with E-state index in [2.05, 4.69) is 26.8 Å². The second-order valence-electron chi connectivity index (χ2n) is 10.4. The highest BCUT2D eigenvalue weighted by molar-refractivity contribution is 5.86. The Morgan fingerprint density at radius 3 is 2.47 bits per heavy atom. The summed E-state index contributed by atoms with van der Waals surface area (Å²) < 4.78 is 17.8. The zero-order chi connectivity index (χ0) is 25.9.